The third-order valence-corrected chi connectivity index (χ3v) is 3.96. The molecule has 1 aromatic carbocycles. The molecule has 1 aliphatic rings. The molecule has 1 aliphatic heterocycles. The minimum Gasteiger partial charge on any atom is -0.491 e. The maximum Gasteiger partial charge on any atom is 0.337 e. The van der Waals surface area contributed by atoms with E-state index in [1.165, 1.54) is 7.11 Å². The normalized spacial score (nSPS) is 17.5. The minimum absolute atomic E-state index is 0.0399. The highest BCUT2D eigenvalue weighted by molar-refractivity contribution is 5.90. The SMILES string of the molecule is COC[C@H]1COc2cc(C(=O)OC)ccc2CN1C(=O)C(C)(C)C. The second-order valence-corrected chi connectivity index (χ2v) is 6.92. The van der Waals surface area contributed by atoms with Gasteiger partial charge in [-0.25, -0.2) is 4.79 Å². The first-order valence-corrected chi connectivity index (χ1v) is 7.92. The summed E-state index contributed by atoms with van der Waals surface area (Å²) in [5.74, 6) is 0.225. The van der Waals surface area contributed by atoms with Gasteiger partial charge in [-0.05, 0) is 12.1 Å². The fourth-order valence-electron chi connectivity index (χ4n) is 2.65. The van der Waals surface area contributed by atoms with Gasteiger partial charge in [0.2, 0.25) is 5.91 Å². The number of ether oxygens (including phenoxy) is 3. The maximum absolute atomic E-state index is 12.8. The van der Waals surface area contributed by atoms with Gasteiger partial charge in [-0.2, -0.15) is 0 Å². The van der Waals surface area contributed by atoms with Gasteiger partial charge in [-0.15, -0.1) is 0 Å². The zero-order chi connectivity index (χ0) is 17.9. The Hall–Kier alpha value is -2.08. The molecule has 0 bridgehead atoms. The third-order valence-electron chi connectivity index (χ3n) is 3.96. The van der Waals surface area contributed by atoms with Gasteiger partial charge >= 0.3 is 5.97 Å². The number of esters is 1. The van der Waals surface area contributed by atoms with Crippen LogP contribution in [-0.2, 0) is 20.8 Å². The van der Waals surface area contributed by atoms with E-state index in [1.54, 1.807) is 30.2 Å². The molecule has 0 radical (unpaired) electrons. The Morgan fingerprint density at radius 1 is 1.29 bits per heavy atom. The van der Waals surface area contributed by atoms with E-state index >= 15 is 0 Å². The number of carbonyl (C=O) groups is 2. The number of hydrogen-bond acceptors (Lipinski definition) is 5. The average molecular weight is 335 g/mol. The molecule has 2 rings (SSSR count). The van der Waals surface area contributed by atoms with Crippen LogP contribution in [0.2, 0.25) is 0 Å². The third kappa shape index (κ3) is 3.87. The molecule has 0 aromatic heterocycles. The zero-order valence-electron chi connectivity index (χ0n) is 14.9. The van der Waals surface area contributed by atoms with Gasteiger partial charge in [-0.1, -0.05) is 26.8 Å². The van der Waals surface area contributed by atoms with Gasteiger partial charge in [0.1, 0.15) is 12.4 Å². The summed E-state index contributed by atoms with van der Waals surface area (Å²) in [4.78, 5) is 26.3. The van der Waals surface area contributed by atoms with Crippen molar-refractivity contribution in [2.45, 2.75) is 33.4 Å². The van der Waals surface area contributed by atoms with Crippen molar-refractivity contribution in [1.29, 1.82) is 0 Å². The number of methoxy groups -OCH3 is 2. The number of nitrogens with zero attached hydrogens (tertiary/aromatic N) is 1. The van der Waals surface area contributed by atoms with Crippen LogP contribution < -0.4 is 4.74 Å². The van der Waals surface area contributed by atoms with Crippen molar-refractivity contribution in [3.63, 3.8) is 0 Å². The van der Waals surface area contributed by atoms with Crippen LogP contribution in [0.25, 0.3) is 0 Å². The lowest BCUT2D eigenvalue weighted by molar-refractivity contribution is -0.144. The van der Waals surface area contributed by atoms with Gasteiger partial charge < -0.3 is 19.1 Å². The van der Waals surface area contributed by atoms with Crippen LogP contribution in [0.15, 0.2) is 18.2 Å². The first-order valence-electron chi connectivity index (χ1n) is 7.92. The van der Waals surface area contributed by atoms with Gasteiger partial charge in [0.05, 0.1) is 25.3 Å². The smallest absolute Gasteiger partial charge is 0.337 e. The number of benzene rings is 1. The summed E-state index contributed by atoms with van der Waals surface area (Å²) in [6.45, 7) is 6.80. The maximum atomic E-state index is 12.8. The van der Waals surface area contributed by atoms with E-state index in [-0.39, 0.29) is 11.9 Å². The lowest BCUT2D eigenvalue weighted by Crippen LogP contribution is -2.48. The molecule has 1 amide bonds. The van der Waals surface area contributed by atoms with Crippen LogP contribution in [0.1, 0.15) is 36.7 Å². The highest BCUT2D eigenvalue weighted by Gasteiger charge is 2.34. The predicted octanol–water partition coefficient (Wildman–Crippen LogP) is 2.26. The molecule has 24 heavy (non-hydrogen) atoms. The molecule has 6 nitrogen and oxygen atoms in total. The molecule has 0 unspecified atom stereocenters. The molecular weight excluding hydrogens is 310 g/mol. The van der Waals surface area contributed by atoms with Gasteiger partial charge in [0.15, 0.2) is 0 Å². The quantitative estimate of drug-likeness (QED) is 0.793. The van der Waals surface area contributed by atoms with Gasteiger partial charge in [0.25, 0.3) is 0 Å². The predicted molar refractivity (Wildman–Crippen MR) is 88.9 cm³/mol. The van der Waals surface area contributed by atoms with Crippen LogP contribution in [0.5, 0.6) is 5.75 Å². The molecule has 0 saturated carbocycles. The summed E-state index contributed by atoms with van der Waals surface area (Å²) in [5.41, 5.74) is 0.789. The molecule has 1 heterocycles. The van der Waals surface area contributed by atoms with Crippen LogP contribution in [0.3, 0.4) is 0 Å². The number of rotatable bonds is 3. The van der Waals surface area contributed by atoms with Crippen molar-refractivity contribution < 1.29 is 23.8 Å². The molecule has 0 spiro atoms. The minimum atomic E-state index is -0.498. The van der Waals surface area contributed by atoms with Gasteiger partial charge in [0, 0.05) is 24.6 Å². The molecule has 0 aliphatic carbocycles. The van der Waals surface area contributed by atoms with Crippen LogP contribution in [-0.4, -0.2) is 50.3 Å². The Balaban J connectivity index is 2.36. The molecule has 132 valence electrons. The van der Waals surface area contributed by atoms with Crippen molar-refractivity contribution in [2.75, 3.05) is 27.4 Å². The highest BCUT2D eigenvalue weighted by Crippen LogP contribution is 2.29. The molecule has 0 saturated heterocycles. The van der Waals surface area contributed by atoms with Crippen molar-refractivity contribution in [1.82, 2.24) is 4.90 Å². The molecular formula is C18H25NO5. The summed E-state index contributed by atoms with van der Waals surface area (Å²) >= 11 is 0. The summed E-state index contributed by atoms with van der Waals surface area (Å²) in [5, 5.41) is 0. The van der Waals surface area contributed by atoms with E-state index in [4.69, 9.17) is 14.2 Å². The second-order valence-electron chi connectivity index (χ2n) is 6.92. The van der Waals surface area contributed by atoms with E-state index in [9.17, 15) is 9.59 Å². The Morgan fingerprint density at radius 3 is 2.58 bits per heavy atom. The number of amides is 1. The number of carbonyl (C=O) groups excluding carboxylic acids is 2. The van der Waals surface area contributed by atoms with E-state index < -0.39 is 11.4 Å². The molecule has 1 atom stereocenters. The highest BCUT2D eigenvalue weighted by atomic mass is 16.5. The first kappa shape index (κ1) is 18.3. The van der Waals surface area contributed by atoms with Crippen molar-refractivity contribution in [3.05, 3.63) is 29.3 Å². The second kappa shape index (κ2) is 7.21. The van der Waals surface area contributed by atoms with Crippen LogP contribution >= 0.6 is 0 Å². The first-order chi connectivity index (χ1) is 11.3. The van der Waals surface area contributed by atoms with E-state index in [0.29, 0.717) is 31.1 Å². The number of fused-ring (bicyclic) bond motifs is 1. The summed E-state index contributed by atoms with van der Waals surface area (Å²) in [7, 11) is 2.94. The largest absolute Gasteiger partial charge is 0.491 e. The van der Waals surface area contributed by atoms with Crippen LogP contribution in [0, 0.1) is 5.41 Å². The van der Waals surface area contributed by atoms with E-state index in [1.807, 2.05) is 20.8 Å². The monoisotopic (exact) mass is 335 g/mol. The Kier molecular flexibility index (Phi) is 5.49. The summed E-state index contributed by atoms with van der Waals surface area (Å²) in [6, 6.07) is 4.97. The van der Waals surface area contributed by atoms with Crippen molar-refractivity contribution in [3.8, 4) is 5.75 Å². The molecule has 0 N–H and O–H groups in total. The van der Waals surface area contributed by atoms with Crippen molar-refractivity contribution >= 4 is 11.9 Å². The summed E-state index contributed by atoms with van der Waals surface area (Å²) < 4.78 is 15.9. The fraction of sp³-hybridized carbons (Fsp3) is 0.556. The van der Waals surface area contributed by atoms with E-state index in [0.717, 1.165) is 5.56 Å². The Labute approximate surface area is 142 Å². The van der Waals surface area contributed by atoms with Crippen LogP contribution in [0.4, 0.5) is 0 Å². The Bertz CT molecular complexity index is 620. The lowest BCUT2D eigenvalue weighted by Gasteiger charge is -2.33. The molecule has 6 heteroatoms. The Morgan fingerprint density at radius 2 is 2.00 bits per heavy atom. The zero-order valence-corrected chi connectivity index (χ0v) is 14.9. The van der Waals surface area contributed by atoms with Gasteiger partial charge in [-0.3, -0.25) is 4.79 Å². The average Bonchev–Trinajstić information content (AvgIpc) is 2.72. The lowest BCUT2D eigenvalue weighted by atomic mass is 9.93. The summed E-state index contributed by atoms with van der Waals surface area (Å²) in [6.07, 6.45) is 0. The fourth-order valence-corrected chi connectivity index (χ4v) is 2.65. The number of hydrogen-bond donors (Lipinski definition) is 0. The molecule has 0 fully saturated rings. The standard InChI is InChI=1S/C18H25NO5/c1-18(2,3)17(21)19-9-13-7-6-12(16(20)23-5)8-15(13)24-11-14(19)10-22-4/h6-8,14H,9-11H2,1-5H3/t14-/m0/s1. The van der Waals surface area contributed by atoms with E-state index in [2.05, 4.69) is 0 Å². The van der Waals surface area contributed by atoms with Crippen molar-refractivity contribution in [2.24, 2.45) is 5.41 Å². The topological polar surface area (TPSA) is 65.1 Å². The molecule has 1 aromatic rings.